The Morgan fingerprint density at radius 3 is 2.93 bits per heavy atom. The van der Waals surface area contributed by atoms with E-state index in [0.717, 1.165) is 24.1 Å². The highest BCUT2D eigenvalue weighted by atomic mass is 16.2. The summed E-state index contributed by atoms with van der Waals surface area (Å²) in [5.41, 5.74) is 2.01. The number of rotatable bonds is 5. The zero-order valence-electron chi connectivity index (χ0n) is 15.2. The third kappa shape index (κ3) is 3.19. The number of aromatic nitrogens is 5. The number of carbonyl (C=O) groups excluding carboxylic acids is 2. The molecule has 9 nitrogen and oxygen atoms in total. The molecule has 2 amide bonds. The van der Waals surface area contributed by atoms with Gasteiger partial charge in [0.2, 0.25) is 11.8 Å². The number of hydrogen-bond donors (Lipinski definition) is 1. The lowest BCUT2D eigenvalue weighted by atomic mass is 10.1. The molecule has 3 aromatic heterocycles. The maximum absolute atomic E-state index is 12.7. The minimum Gasteiger partial charge on any atom is -0.337 e. The zero-order chi connectivity index (χ0) is 19.1. The Hall–Kier alpha value is -3.36. The highest BCUT2D eigenvalue weighted by Gasteiger charge is 2.35. The van der Waals surface area contributed by atoms with E-state index >= 15 is 0 Å². The maximum Gasteiger partial charge on any atom is 0.254 e. The smallest absolute Gasteiger partial charge is 0.254 e. The lowest BCUT2D eigenvalue weighted by Crippen LogP contribution is -2.28. The van der Waals surface area contributed by atoms with E-state index in [1.807, 2.05) is 18.2 Å². The van der Waals surface area contributed by atoms with E-state index in [0.29, 0.717) is 24.8 Å². The van der Waals surface area contributed by atoms with E-state index in [4.69, 9.17) is 0 Å². The fourth-order valence-corrected chi connectivity index (χ4v) is 3.58. The van der Waals surface area contributed by atoms with E-state index in [-0.39, 0.29) is 24.2 Å². The first-order chi connectivity index (χ1) is 13.7. The highest BCUT2D eigenvalue weighted by molar-refractivity contribution is 5.96. The standard InChI is InChI=1S/C19H19N7O2/c27-16-8-14(11-25(16)10-12-2-1-6-20-9-12)17(28)22-18-23-19-21-7-5-15(13-3-4-13)26(19)24-18/h1-2,5-7,9,13-14H,3-4,8,10-11H2,(H,22,24,28). The molecule has 1 saturated heterocycles. The van der Waals surface area contributed by atoms with Gasteiger partial charge in [-0.25, -0.2) is 4.98 Å². The van der Waals surface area contributed by atoms with Gasteiger partial charge in [-0.3, -0.25) is 19.9 Å². The molecule has 1 aliphatic heterocycles. The lowest BCUT2D eigenvalue weighted by Gasteiger charge is -2.16. The normalized spacial score (nSPS) is 19.4. The Labute approximate surface area is 160 Å². The van der Waals surface area contributed by atoms with Crippen LogP contribution in [0, 0.1) is 5.92 Å². The molecule has 0 radical (unpaired) electrons. The Balaban J connectivity index is 1.27. The monoisotopic (exact) mass is 377 g/mol. The molecule has 1 unspecified atom stereocenters. The first-order valence-electron chi connectivity index (χ1n) is 9.36. The molecule has 1 saturated carbocycles. The van der Waals surface area contributed by atoms with E-state index in [9.17, 15) is 9.59 Å². The van der Waals surface area contributed by atoms with Gasteiger partial charge in [-0.15, -0.1) is 5.10 Å². The van der Waals surface area contributed by atoms with Crippen molar-refractivity contribution in [3.8, 4) is 0 Å². The summed E-state index contributed by atoms with van der Waals surface area (Å²) in [6.45, 7) is 0.830. The second-order valence-electron chi connectivity index (χ2n) is 7.32. The van der Waals surface area contributed by atoms with Crippen LogP contribution in [-0.4, -0.2) is 47.8 Å². The van der Waals surface area contributed by atoms with E-state index < -0.39 is 5.92 Å². The van der Waals surface area contributed by atoms with Crippen LogP contribution in [-0.2, 0) is 16.1 Å². The summed E-state index contributed by atoms with van der Waals surface area (Å²) in [6, 6.07) is 5.69. The minimum absolute atomic E-state index is 0.0374. The number of anilines is 1. The van der Waals surface area contributed by atoms with Crippen LogP contribution in [0.1, 0.15) is 36.4 Å². The van der Waals surface area contributed by atoms with Crippen molar-refractivity contribution in [3.05, 3.63) is 48.0 Å². The van der Waals surface area contributed by atoms with Gasteiger partial charge in [-0.2, -0.15) is 9.50 Å². The van der Waals surface area contributed by atoms with Crippen LogP contribution in [0.3, 0.4) is 0 Å². The van der Waals surface area contributed by atoms with Gasteiger partial charge in [0, 0.05) is 44.0 Å². The highest BCUT2D eigenvalue weighted by Crippen LogP contribution is 2.39. The molecule has 0 bridgehead atoms. The maximum atomic E-state index is 12.7. The van der Waals surface area contributed by atoms with Gasteiger partial charge in [0.1, 0.15) is 0 Å². The summed E-state index contributed by atoms with van der Waals surface area (Å²) < 4.78 is 1.70. The van der Waals surface area contributed by atoms with Crippen LogP contribution in [0.25, 0.3) is 5.78 Å². The molecule has 3 aromatic rings. The van der Waals surface area contributed by atoms with Crippen LogP contribution in [0.15, 0.2) is 36.8 Å². The molecule has 2 fully saturated rings. The van der Waals surface area contributed by atoms with Crippen LogP contribution < -0.4 is 5.32 Å². The predicted octanol–water partition coefficient (Wildman–Crippen LogP) is 1.38. The van der Waals surface area contributed by atoms with Crippen molar-refractivity contribution >= 4 is 23.5 Å². The van der Waals surface area contributed by atoms with Crippen molar-refractivity contribution in [2.45, 2.75) is 31.7 Å². The fraction of sp³-hybridized carbons (Fsp3) is 0.368. The fourth-order valence-electron chi connectivity index (χ4n) is 3.58. The Bertz CT molecular complexity index is 1040. The largest absolute Gasteiger partial charge is 0.337 e. The van der Waals surface area contributed by atoms with Crippen LogP contribution in [0.2, 0.25) is 0 Å². The molecule has 2 aliphatic rings. The molecule has 28 heavy (non-hydrogen) atoms. The first kappa shape index (κ1) is 16.8. The minimum atomic E-state index is -0.424. The Morgan fingerprint density at radius 2 is 2.14 bits per heavy atom. The molecule has 1 aliphatic carbocycles. The molecule has 4 heterocycles. The molecule has 0 aromatic carbocycles. The van der Waals surface area contributed by atoms with Crippen molar-refractivity contribution in [2.24, 2.45) is 5.92 Å². The third-order valence-corrected chi connectivity index (χ3v) is 5.18. The van der Waals surface area contributed by atoms with Gasteiger partial charge >= 0.3 is 0 Å². The van der Waals surface area contributed by atoms with Crippen molar-refractivity contribution in [1.82, 2.24) is 29.5 Å². The number of pyridine rings is 1. The molecule has 1 N–H and O–H groups in total. The predicted molar refractivity (Wildman–Crippen MR) is 99.1 cm³/mol. The Morgan fingerprint density at radius 1 is 1.25 bits per heavy atom. The number of hydrogen-bond acceptors (Lipinski definition) is 6. The molecule has 1 atom stereocenters. The zero-order valence-corrected chi connectivity index (χ0v) is 15.2. The summed E-state index contributed by atoms with van der Waals surface area (Å²) in [5, 5.41) is 7.15. The SMILES string of the molecule is O=C(Nc1nc2nccc(C3CC3)n2n1)C1CC(=O)N(Cc2cccnc2)C1. The van der Waals surface area contributed by atoms with E-state index in [1.54, 1.807) is 28.0 Å². The number of carbonyl (C=O) groups is 2. The lowest BCUT2D eigenvalue weighted by molar-refractivity contribution is -0.128. The molecular formula is C19H19N7O2. The quantitative estimate of drug-likeness (QED) is 0.720. The van der Waals surface area contributed by atoms with Gasteiger partial charge < -0.3 is 4.90 Å². The molecule has 0 spiro atoms. The second kappa shape index (κ2) is 6.66. The number of amides is 2. The first-order valence-corrected chi connectivity index (χ1v) is 9.36. The number of likely N-dealkylation sites (tertiary alicyclic amines) is 1. The van der Waals surface area contributed by atoms with Crippen molar-refractivity contribution in [1.29, 1.82) is 0 Å². The van der Waals surface area contributed by atoms with Crippen LogP contribution in [0.5, 0.6) is 0 Å². The molecule has 142 valence electrons. The van der Waals surface area contributed by atoms with Crippen LogP contribution >= 0.6 is 0 Å². The van der Waals surface area contributed by atoms with Gasteiger partial charge in [0.15, 0.2) is 0 Å². The van der Waals surface area contributed by atoms with Gasteiger partial charge in [-0.05, 0) is 30.5 Å². The van der Waals surface area contributed by atoms with Crippen molar-refractivity contribution in [3.63, 3.8) is 0 Å². The van der Waals surface area contributed by atoms with Gasteiger partial charge in [-0.1, -0.05) is 6.07 Å². The summed E-state index contributed by atoms with van der Waals surface area (Å²) in [7, 11) is 0. The third-order valence-electron chi connectivity index (χ3n) is 5.18. The topological polar surface area (TPSA) is 105 Å². The van der Waals surface area contributed by atoms with Gasteiger partial charge in [0.05, 0.1) is 11.6 Å². The summed E-state index contributed by atoms with van der Waals surface area (Å²) in [6.07, 6.45) is 7.60. The van der Waals surface area contributed by atoms with Crippen molar-refractivity contribution in [2.75, 3.05) is 11.9 Å². The van der Waals surface area contributed by atoms with Gasteiger partial charge in [0.25, 0.3) is 11.7 Å². The van der Waals surface area contributed by atoms with Crippen molar-refractivity contribution < 1.29 is 9.59 Å². The molecule has 5 rings (SSSR count). The summed E-state index contributed by atoms with van der Waals surface area (Å²) >= 11 is 0. The van der Waals surface area contributed by atoms with Crippen LogP contribution in [0.4, 0.5) is 5.95 Å². The van der Waals surface area contributed by atoms with E-state index in [2.05, 4.69) is 25.4 Å². The number of nitrogens with one attached hydrogen (secondary N) is 1. The van der Waals surface area contributed by atoms with E-state index in [1.165, 1.54) is 0 Å². The molecular weight excluding hydrogens is 358 g/mol. The molecule has 9 heteroatoms. The number of nitrogens with zero attached hydrogens (tertiary/aromatic N) is 6. The summed E-state index contributed by atoms with van der Waals surface area (Å²) in [5.74, 6) is 0.482. The number of fused-ring (bicyclic) bond motifs is 1. The second-order valence-corrected chi connectivity index (χ2v) is 7.32. The Kier molecular flexibility index (Phi) is 4.00. The average molecular weight is 377 g/mol. The summed E-state index contributed by atoms with van der Waals surface area (Å²) in [4.78, 5) is 39.2. The average Bonchev–Trinajstić information content (AvgIpc) is 3.36.